The van der Waals surface area contributed by atoms with Crippen LogP contribution < -0.4 is 20.1 Å². The smallest absolute Gasteiger partial charge is 0.220 e. The minimum atomic E-state index is -0.838. The van der Waals surface area contributed by atoms with E-state index in [-0.39, 0.29) is 31.4 Å². The topological polar surface area (TPSA) is 96.9 Å². The van der Waals surface area contributed by atoms with E-state index in [9.17, 15) is 14.7 Å². The number of nitrogens with one attached hydrogen (secondary N) is 2. The second kappa shape index (κ2) is 12.0. The number of methoxy groups -OCH3 is 1. The van der Waals surface area contributed by atoms with Crippen LogP contribution in [0.2, 0.25) is 0 Å². The van der Waals surface area contributed by atoms with Crippen LogP contribution in [-0.2, 0) is 16.0 Å². The molecule has 1 aliphatic heterocycles. The molecule has 8 heteroatoms. The fraction of sp³-hybridized carbons (Fsp3) is 0.440. The monoisotopic (exact) mass is 472 g/mol. The summed E-state index contributed by atoms with van der Waals surface area (Å²) in [6.07, 6.45) is 3.89. The van der Waals surface area contributed by atoms with Gasteiger partial charge in [0.1, 0.15) is 24.2 Å². The molecule has 178 valence electrons. The van der Waals surface area contributed by atoms with Gasteiger partial charge < -0.3 is 25.2 Å². The van der Waals surface area contributed by atoms with Crippen molar-refractivity contribution in [2.75, 3.05) is 26.5 Å². The summed E-state index contributed by atoms with van der Waals surface area (Å²) >= 11 is 1.69. The third-order valence-corrected chi connectivity index (χ3v) is 6.53. The van der Waals surface area contributed by atoms with Crippen LogP contribution in [0.25, 0.3) is 0 Å². The van der Waals surface area contributed by atoms with Gasteiger partial charge in [-0.2, -0.15) is 0 Å². The third-order valence-electron chi connectivity index (χ3n) is 5.79. The Balaban J connectivity index is 1.45. The molecule has 2 unspecified atom stereocenters. The summed E-state index contributed by atoms with van der Waals surface area (Å²) in [5.74, 6) is 1.13. The van der Waals surface area contributed by atoms with Gasteiger partial charge in [0.05, 0.1) is 7.11 Å². The van der Waals surface area contributed by atoms with Crippen LogP contribution in [0.1, 0.15) is 31.2 Å². The van der Waals surface area contributed by atoms with Gasteiger partial charge in [-0.05, 0) is 55.3 Å². The van der Waals surface area contributed by atoms with Crippen LogP contribution in [0.15, 0.2) is 53.4 Å². The number of aliphatic hydroxyl groups is 1. The maximum absolute atomic E-state index is 12.4. The lowest BCUT2D eigenvalue weighted by atomic mass is 9.85. The number of thioether (sulfide) groups is 1. The molecule has 1 fully saturated rings. The molecule has 3 N–H and O–H groups in total. The first-order valence-corrected chi connectivity index (χ1v) is 12.3. The Hall–Kier alpha value is -2.71. The van der Waals surface area contributed by atoms with E-state index < -0.39 is 11.6 Å². The zero-order valence-corrected chi connectivity index (χ0v) is 20.0. The van der Waals surface area contributed by atoms with E-state index in [4.69, 9.17) is 9.47 Å². The van der Waals surface area contributed by atoms with Crippen molar-refractivity contribution in [3.63, 3.8) is 0 Å². The van der Waals surface area contributed by atoms with Crippen LogP contribution >= 0.6 is 11.8 Å². The fourth-order valence-corrected chi connectivity index (χ4v) is 4.34. The zero-order valence-electron chi connectivity index (χ0n) is 19.1. The quantitative estimate of drug-likeness (QED) is 0.411. The molecule has 2 aromatic carbocycles. The molecule has 0 radical (unpaired) electrons. The molecule has 2 amide bonds. The normalized spacial score (nSPS) is 18.5. The lowest BCUT2D eigenvalue weighted by Gasteiger charge is -2.29. The van der Waals surface area contributed by atoms with Crippen LogP contribution in [0.5, 0.6) is 11.5 Å². The highest BCUT2D eigenvalue weighted by Gasteiger charge is 2.37. The largest absolute Gasteiger partial charge is 0.497 e. The van der Waals surface area contributed by atoms with Crippen molar-refractivity contribution >= 4 is 23.6 Å². The average molecular weight is 473 g/mol. The number of benzene rings is 2. The first kappa shape index (κ1) is 24.9. The molecular weight excluding hydrogens is 440 g/mol. The molecule has 2 atom stereocenters. The number of hydrogen-bond acceptors (Lipinski definition) is 6. The summed E-state index contributed by atoms with van der Waals surface area (Å²) in [7, 11) is 1.58. The summed E-state index contributed by atoms with van der Waals surface area (Å²) in [4.78, 5) is 25.6. The van der Waals surface area contributed by atoms with Crippen molar-refractivity contribution in [3.05, 3.63) is 54.1 Å². The molecule has 0 spiro atoms. The Morgan fingerprint density at radius 3 is 2.67 bits per heavy atom. The van der Waals surface area contributed by atoms with E-state index in [0.717, 1.165) is 5.56 Å². The molecular formula is C25H32N2O5S. The number of ether oxygens (including phenoxy) is 2. The Morgan fingerprint density at radius 1 is 1.24 bits per heavy atom. The third kappa shape index (κ3) is 7.68. The predicted octanol–water partition coefficient (Wildman–Crippen LogP) is 2.94. The highest BCUT2D eigenvalue weighted by atomic mass is 32.2. The minimum absolute atomic E-state index is 0.0289. The first-order valence-electron chi connectivity index (χ1n) is 11.1. The number of carbonyl (C=O) groups is 2. The van der Waals surface area contributed by atoms with Crippen molar-refractivity contribution in [2.24, 2.45) is 0 Å². The number of rotatable bonds is 12. The molecule has 33 heavy (non-hydrogen) atoms. The van der Waals surface area contributed by atoms with Crippen LogP contribution in [-0.4, -0.2) is 55.1 Å². The maximum atomic E-state index is 12.4. The Kier molecular flexibility index (Phi) is 9.03. The molecule has 0 saturated carbocycles. The summed E-state index contributed by atoms with van der Waals surface area (Å²) in [5.41, 5.74) is 0.726. The van der Waals surface area contributed by atoms with Gasteiger partial charge >= 0.3 is 0 Å². The van der Waals surface area contributed by atoms with E-state index in [1.165, 1.54) is 4.90 Å². The first-order chi connectivity index (χ1) is 15.9. The number of aliphatic hydroxyl groups excluding tert-OH is 1. The number of hydrogen-bond donors (Lipinski definition) is 3. The Bertz CT molecular complexity index is 937. The fourth-order valence-electron chi connectivity index (χ4n) is 3.93. The number of amides is 2. The summed E-state index contributed by atoms with van der Waals surface area (Å²) in [6.45, 7) is 0.151. The molecule has 1 aliphatic rings. The summed E-state index contributed by atoms with van der Waals surface area (Å²) in [5, 5.41) is 16.0. The van der Waals surface area contributed by atoms with Gasteiger partial charge in [-0.25, -0.2) is 0 Å². The van der Waals surface area contributed by atoms with Gasteiger partial charge in [0, 0.05) is 35.9 Å². The standard InChI is InChI=1S/C25H32N2O5S/c1-31-20-4-3-5-21(14-20)32-17-19(28)16-26-23(29)10-12-25(13-11-24(30)27-25)15-18-6-8-22(33-2)9-7-18/h3-9,14,19,28H,10-13,15-17H2,1-2H3,(H,26,29)(H,27,30). The van der Waals surface area contributed by atoms with Crippen molar-refractivity contribution in [1.29, 1.82) is 0 Å². The molecule has 0 aliphatic carbocycles. The van der Waals surface area contributed by atoms with Crippen LogP contribution in [0.4, 0.5) is 0 Å². The molecule has 0 aromatic heterocycles. The molecule has 7 nitrogen and oxygen atoms in total. The second-order valence-electron chi connectivity index (χ2n) is 8.30. The highest BCUT2D eigenvalue weighted by molar-refractivity contribution is 7.98. The van der Waals surface area contributed by atoms with E-state index in [0.29, 0.717) is 37.2 Å². The zero-order chi connectivity index (χ0) is 23.7. The van der Waals surface area contributed by atoms with Gasteiger partial charge in [0.15, 0.2) is 0 Å². The summed E-state index contributed by atoms with van der Waals surface area (Å²) < 4.78 is 10.7. The second-order valence-corrected chi connectivity index (χ2v) is 9.18. The van der Waals surface area contributed by atoms with E-state index in [1.54, 1.807) is 37.1 Å². The predicted molar refractivity (Wildman–Crippen MR) is 129 cm³/mol. The SMILES string of the molecule is COc1cccc(OCC(O)CNC(=O)CCC2(Cc3ccc(SC)cc3)CCC(=O)N2)c1. The molecule has 3 rings (SSSR count). The van der Waals surface area contributed by atoms with Crippen molar-refractivity contribution in [1.82, 2.24) is 10.6 Å². The Morgan fingerprint density at radius 2 is 2.00 bits per heavy atom. The number of carbonyl (C=O) groups excluding carboxylic acids is 2. The van der Waals surface area contributed by atoms with Crippen LogP contribution in [0, 0.1) is 0 Å². The van der Waals surface area contributed by atoms with Gasteiger partial charge in [0.2, 0.25) is 11.8 Å². The van der Waals surface area contributed by atoms with E-state index >= 15 is 0 Å². The highest BCUT2D eigenvalue weighted by Crippen LogP contribution is 2.30. The molecule has 1 saturated heterocycles. The van der Waals surface area contributed by atoms with Gasteiger partial charge in [-0.15, -0.1) is 11.8 Å². The molecule has 1 heterocycles. The average Bonchev–Trinajstić information content (AvgIpc) is 3.21. The van der Waals surface area contributed by atoms with Gasteiger partial charge in [0.25, 0.3) is 0 Å². The van der Waals surface area contributed by atoms with Gasteiger partial charge in [-0.3, -0.25) is 9.59 Å². The van der Waals surface area contributed by atoms with Crippen molar-refractivity contribution < 1.29 is 24.2 Å². The molecule has 2 aromatic rings. The van der Waals surface area contributed by atoms with Crippen molar-refractivity contribution in [3.8, 4) is 11.5 Å². The Labute approximate surface area is 199 Å². The van der Waals surface area contributed by atoms with E-state index in [1.807, 2.05) is 12.3 Å². The molecule has 0 bridgehead atoms. The minimum Gasteiger partial charge on any atom is -0.497 e. The summed E-state index contributed by atoms with van der Waals surface area (Å²) in [6, 6.07) is 15.4. The lowest BCUT2D eigenvalue weighted by Crippen LogP contribution is -2.45. The van der Waals surface area contributed by atoms with Crippen molar-refractivity contribution in [2.45, 2.75) is 48.6 Å². The lowest BCUT2D eigenvalue weighted by molar-refractivity contribution is -0.123. The van der Waals surface area contributed by atoms with E-state index in [2.05, 4.69) is 34.9 Å². The van der Waals surface area contributed by atoms with Gasteiger partial charge in [-0.1, -0.05) is 18.2 Å². The van der Waals surface area contributed by atoms with Crippen LogP contribution in [0.3, 0.4) is 0 Å². The maximum Gasteiger partial charge on any atom is 0.220 e.